The number of aromatic nitrogens is 1. The maximum Gasteiger partial charge on any atom is 0.214 e. The molecule has 5 heteroatoms. The van der Waals surface area contributed by atoms with Crippen LogP contribution in [0.4, 0.5) is 15.9 Å². The van der Waals surface area contributed by atoms with Gasteiger partial charge in [-0.1, -0.05) is 19.9 Å². The van der Waals surface area contributed by atoms with Crippen molar-refractivity contribution in [2.24, 2.45) is 0 Å². The molecule has 2 rings (SSSR count). The molecule has 21 heavy (non-hydrogen) atoms. The van der Waals surface area contributed by atoms with Crippen LogP contribution in [0.2, 0.25) is 0 Å². The topological polar surface area (TPSA) is 51.4 Å². The Morgan fingerprint density at radius 1 is 1.43 bits per heavy atom. The van der Waals surface area contributed by atoms with Gasteiger partial charge in [-0.05, 0) is 31.9 Å². The molecule has 0 radical (unpaired) electrons. The minimum absolute atomic E-state index is 0.146. The number of ether oxygens (including phenoxy) is 1. The number of anilines is 2. The van der Waals surface area contributed by atoms with E-state index in [2.05, 4.69) is 18.5 Å². The molecule has 1 aliphatic heterocycles. The summed E-state index contributed by atoms with van der Waals surface area (Å²) in [5.41, 5.74) is 6.22. The normalized spacial score (nSPS) is 16.9. The number of hydrogen-bond acceptors (Lipinski definition) is 4. The average molecular weight is 295 g/mol. The third-order valence-electron chi connectivity index (χ3n) is 3.54. The van der Waals surface area contributed by atoms with Gasteiger partial charge in [0, 0.05) is 13.1 Å². The van der Waals surface area contributed by atoms with Crippen molar-refractivity contribution in [2.75, 3.05) is 30.3 Å². The Bertz CT molecular complexity index is 457. The zero-order valence-corrected chi connectivity index (χ0v) is 13.2. The molecule has 0 aliphatic carbocycles. The maximum absolute atomic E-state index is 13.2. The van der Waals surface area contributed by atoms with Crippen molar-refractivity contribution in [2.45, 2.75) is 39.2 Å². The third kappa shape index (κ3) is 4.70. The fourth-order valence-corrected chi connectivity index (χ4v) is 2.29. The van der Waals surface area contributed by atoms with Gasteiger partial charge in [0.15, 0.2) is 5.82 Å². The second kappa shape index (κ2) is 7.98. The Morgan fingerprint density at radius 3 is 2.62 bits per heavy atom. The number of nitrogens with zero attached hydrogens (tertiary/aromatic N) is 2. The van der Waals surface area contributed by atoms with Crippen molar-refractivity contribution in [1.29, 1.82) is 0 Å². The van der Waals surface area contributed by atoms with Gasteiger partial charge in [0.1, 0.15) is 0 Å². The summed E-state index contributed by atoms with van der Waals surface area (Å²) in [6.45, 7) is 11.8. The number of nitrogens with two attached hydrogens (primary N) is 1. The molecule has 2 N–H and O–H groups in total. The van der Waals surface area contributed by atoms with Gasteiger partial charge in [0.2, 0.25) is 5.95 Å². The highest BCUT2D eigenvalue weighted by molar-refractivity contribution is 5.62. The number of nitrogen functional groups attached to an aromatic ring is 1. The fourth-order valence-electron chi connectivity index (χ4n) is 2.29. The predicted molar refractivity (Wildman–Crippen MR) is 86.0 cm³/mol. The molecule has 118 valence electrons. The first-order valence-electron chi connectivity index (χ1n) is 7.46. The molecule has 0 spiro atoms. The van der Waals surface area contributed by atoms with Gasteiger partial charge in [-0.15, -0.1) is 6.58 Å². The molecule has 0 unspecified atom stereocenters. The Balaban J connectivity index is 0.00000106. The van der Waals surface area contributed by atoms with Crippen molar-refractivity contribution in [3.63, 3.8) is 0 Å². The van der Waals surface area contributed by atoms with Crippen LogP contribution < -0.4 is 10.6 Å². The van der Waals surface area contributed by atoms with Gasteiger partial charge in [-0.2, -0.15) is 4.39 Å². The molecule has 1 aromatic rings. The summed E-state index contributed by atoms with van der Waals surface area (Å²) in [6, 6.07) is 2.83. The Kier molecular flexibility index (Phi) is 6.62. The van der Waals surface area contributed by atoms with E-state index in [0.717, 1.165) is 25.9 Å². The van der Waals surface area contributed by atoms with E-state index < -0.39 is 5.95 Å². The van der Waals surface area contributed by atoms with Crippen LogP contribution in [0.1, 0.15) is 33.6 Å². The minimum atomic E-state index is -0.500. The first-order chi connectivity index (χ1) is 10.0. The summed E-state index contributed by atoms with van der Waals surface area (Å²) in [7, 11) is 0. The molecule has 1 fully saturated rings. The molecule has 1 aliphatic rings. The molecule has 1 aromatic heterocycles. The first kappa shape index (κ1) is 17.4. The van der Waals surface area contributed by atoms with Crippen molar-refractivity contribution in [3.8, 4) is 0 Å². The van der Waals surface area contributed by atoms with Crippen LogP contribution in [0, 0.1) is 5.95 Å². The summed E-state index contributed by atoms with van der Waals surface area (Å²) in [4.78, 5) is 5.89. The number of hydrogen-bond donors (Lipinski definition) is 1. The van der Waals surface area contributed by atoms with Crippen LogP contribution in [-0.2, 0) is 4.74 Å². The van der Waals surface area contributed by atoms with Gasteiger partial charge in [0.05, 0.1) is 17.9 Å². The molecule has 0 atom stereocenters. The fraction of sp³-hybridized carbons (Fsp3) is 0.562. The number of halogens is 1. The van der Waals surface area contributed by atoms with Crippen molar-refractivity contribution < 1.29 is 9.13 Å². The van der Waals surface area contributed by atoms with E-state index in [1.165, 1.54) is 6.07 Å². The zero-order valence-electron chi connectivity index (χ0n) is 13.2. The molecule has 0 bridgehead atoms. The highest BCUT2D eigenvalue weighted by Crippen LogP contribution is 2.30. The second-order valence-electron chi connectivity index (χ2n) is 5.08. The van der Waals surface area contributed by atoms with Gasteiger partial charge in [-0.25, -0.2) is 4.98 Å². The number of pyridine rings is 1. The lowest BCUT2D eigenvalue weighted by Crippen LogP contribution is -2.44. The largest absolute Gasteiger partial charge is 0.396 e. The smallest absolute Gasteiger partial charge is 0.214 e. The monoisotopic (exact) mass is 295 g/mol. The highest BCUT2D eigenvalue weighted by atomic mass is 19.1. The molecule has 2 heterocycles. The summed E-state index contributed by atoms with van der Waals surface area (Å²) >= 11 is 0. The lowest BCUT2D eigenvalue weighted by molar-refractivity contribution is -0.0335. The van der Waals surface area contributed by atoms with E-state index in [1.54, 1.807) is 12.1 Å². The zero-order chi connectivity index (χ0) is 15.9. The molecule has 1 saturated heterocycles. The summed E-state index contributed by atoms with van der Waals surface area (Å²) < 4.78 is 19.0. The second-order valence-corrected chi connectivity index (χ2v) is 5.08. The van der Waals surface area contributed by atoms with E-state index in [4.69, 9.17) is 10.5 Å². The van der Waals surface area contributed by atoms with E-state index >= 15 is 0 Å². The molecule has 0 aromatic carbocycles. The predicted octanol–water partition coefficient (Wildman–Crippen LogP) is 3.39. The molecular weight excluding hydrogens is 269 g/mol. The Labute approximate surface area is 126 Å². The molecule has 0 amide bonds. The Morgan fingerprint density at radius 2 is 2.05 bits per heavy atom. The number of piperidine rings is 1. The lowest BCUT2D eigenvalue weighted by Gasteiger charge is -2.39. The van der Waals surface area contributed by atoms with Crippen molar-refractivity contribution in [3.05, 3.63) is 30.7 Å². The van der Waals surface area contributed by atoms with Crippen LogP contribution in [0.5, 0.6) is 0 Å². The SMILES string of the molecule is C=CCOC1(C)CCN(c2nc(F)ccc2N)CC1.CC. The molecule has 0 saturated carbocycles. The van der Waals surface area contributed by atoms with Crippen LogP contribution in [-0.4, -0.2) is 30.3 Å². The summed E-state index contributed by atoms with van der Waals surface area (Å²) in [5, 5.41) is 0. The van der Waals surface area contributed by atoms with Crippen LogP contribution in [0.15, 0.2) is 24.8 Å². The quantitative estimate of drug-likeness (QED) is 0.683. The minimum Gasteiger partial charge on any atom is -0.396 e. The third-order valence-corrected chi connectivity index (χ3v) is 3.54. The number of rotatable bonds is 4. The van der Waals surface area contributed by atoms with Crippen molar-refractivity contribution >= 4 is 11.5 Å². The van der Waals surface area contributed by atoms with Gasteiger partial charge >= 0.3 is 0 Å². The van der Waals surface area contributed by atoms with Gasteiger partial charge < -0.3 is 15.4 Å². The van der Waals surface area contributed by atoms with Gasteiger partial charge in [-0.3, -0.25) is 0 Å². The van der Waals surface area contributed by atoms with Crippen molar-refractivity contribution in [1.82, 2.24) is 4.98 Å². The van der Waals surface area contributed by atoms with Crippen LogP contribution in [0.25, 0.3) is 0 Å². The van der Waals surface area contributed by atoms with E-state index in [0.29, 0.717) is 18.1 Å². The van der Waals surface area contributed by atoms with E-state index in [1.807, 2.05) is 18.7 Å². The van der Waals surface area contributed by atoms with Crippen LogP contribution in [0.3, 0.4) is 0 Å². The standard InChI is InChI=1S/C14H20FN3O.C2H6/c1-3-10-19-14(2)6-8-18(9-7-14)13-11(16)4-5-12(15)17-13;1-2/h3-5H,1,6-10,16H2,2H3;1-2H3. The first-order valence-corrected chi connectivity index (χ1v) is 7.46. The van der Waals surface area contributed by atoms with Gasteiger partial charge in [0.25, 0.3) is 0 Å². The maximum atomic E-state index is 13.2. The molecular formula is C16H26FN3O. The summed E-state index contributed by atoms with van der Waals surface area (Å²) in [5.74, 6) is 0.0335. The lowest BCUT2D eigenvalue weighted by atomic mass is 9.93. The summed E-state index contributed by atoms with van der Waals surface area (Å²) in [6.07, 6.45) is 3.47. The average Bonchev–Trinajstić information content (AvgIpc) is 2.51. The van der Waals surface area contributed by atoms with E-state index in [-0.39, 0.29) is 5.60 Å². The van der Waals surface area contributed by atoms with Crippen LogP contribution >= 0.6 is 0 Å². The Hall–Kier alpha value is -1.62. The van der Waals surface area contributed by atoms with E-state index in [9.17, 15) is 4.39 Å². The highest BCUT2D eigenvalue weighted by Gasteiger charge is 2.31. The molecule has 4 nitrogen and oxygen atoms in total.